The van der Waals surface area contributed by atoms with Gasteiger partial charge in [0.05, 0.1) is 18.2 Å². The summed E-state index contributed by atoms with van der Waals surface area (Å²) in [4.78, 5) is 20.9. The van der Waals surface area contributed by atoms with Crippen LogP contribution in [0, 0.1) is 0 Å². The standard InChI is InChI=1S/C30H35F2N7O/c1-29(2)13-24-30(3,17-40-29)22-14-33-28(36-27(22)39(24)25-7-5-6-23(35-25)26(31)32)34-18-8-10-19(11-9-18)38-16-20-12-21(38)15-37(20)4/h5-11,14,20-21,24,26H,12-13,15-17H2,1-4H3,(H,33,34,36)/t20-,21-,24+,30+/m0/s1. The predicted octanol–water partition coefficient (Wildman–Crippen LogP) is 5.42. The van der Waals surface area contributed by atoms with E-state index in [0.29, 0.717) is 42.7 Å². The first-order valence-electron chi connectivity index (χ1n) is 14.0. The first-order valence-corrected chi connectivity index (χ1v) is 14.0. The Morgan fingerprint density at radius 3 is 2.52 bits per heavy atom. The molecule has 0 spiro atoms. The van der Waals surface area contributed by atoms with Gasteiger partial charge in [0.25, 0.3) is 6.43 Å². The normalized spacial score (nSPS) is 28.7. The number of halogens is 2. The first kappa shape index (κ1) is 25.6. The van der Waals surface area contributed by atoms with Gasteiger partial charge < -0.3 is 19.9 Å². The third kappa shape index (κ3) is 4.11. The summed E-state index contributed by atoms with van der Waals surface area (Å²) in [5, 5.41) is 3.36. The Bertz CT molecular complexity index is 1430. The second-order valence-electron chi connectivity index (χ2n) is 12.5. The van der Waals surface area contributed by atoms with Gasteiger partial charge in [0.2, 0.25) is 5.95 Å². The number of rotatable bonds is 5. The van der Waals surface area contributed by atoms with Crippen molar-refractivity contribution >= 4 is 29.0 Å². The minimum atomic E-state index is -2.65. The van der Waals surface area contributed by atoms with E-state index >= 15 is 0 Å². The maximum absolute atomic E-state index is 13.6. The van der Waals surface area contributed by atoms with Crippen molar-refractivity contribution in [2.24, 2.45) is 0 Å². The molecule has 3 aromatic rings. The summed E-state index contributed by atoms with van der Waals surface area (Å²) in [6, 6.07) is 14.4. The molecule has 4 atom stereocenters. The molecule has 4 aliphatic rings. The molecule has 4 aliphatic heterocycles. The van der Waals surface area contributed by atoms with E-state index in [1.165, 1.54) is 18.2 Å². The predicted molar refractivity (Wildman–Crippen MR) is 151 cm³/mol. The topological polar surface area (TPSA) is 69.7 Å². The van der Waals surface area contributed by atoms with E-state index < -0.39 is 11.8 Å². The number of pyridine rings is 1. The summed E-state index contributed by atoms with van der Waals surface area (Å²) in [6.45, 7) is 8.92. The van der Waals surface area contributed by atoms with Gasteiger partial charge in [-0.25, -0.2) is 18.7 Å². The molecule has 10 heteroatoms. The van der Waals surface area contributed by atoms with Crippen molar-refractivity contribution in [3.63, 3.8) is 0 Å². The lowest BCUT2D eigenvalue weighted by Gasteiger charge is -2.46. The van der Waals surface area contributed by atoms with Crippen LogP contribution in [0.4, 0.5) is 37.7 Å². The third-order valence-corrected chi connectivity index (χ3v) is 9.30. The van der Waals surface area contributed by atoms with Crippen molar-refractivity contribution in [2.75, 3.05) is 41.9 Å². The SMILES string of the molecule is CN1C[C@@H]2C[C@H]1CN2c1ccc(Nc2ncc3c(n2)N(c2cccc(C(F)F)n2)[C@@H]2CC(C)(C)OC[C@]32C)cc1. The Kier molecular flexibility index (Phi) is 5.80. The van der Waals surface area contributed by atoms with Gasteiger partial charge in [-0.05, 0) is 70.1 Å². The highest BCUT2D eigenvalue weighted by Crippen LogP contribution is 2.53. The maximum atomic E-state index is 13.6. The monoisotopic (exact) mass is 547 g/mol. The Hall–Kier alpha value is -3.37. The van der Waals surface area contributed by atoms with Crippen LogP contribution < -0.4 is 15.1 Å². The van der Waals surface area contributed by atoms with Crippen molar-refractivity contribution in [2.45, 2.75) is 69.2 Å². The molecule has 7 rings (SSSR count). The quantitative estimate of drug-likeness (QED) is 0.454. The Morgan fingerprint density at radius 2 is 1.82 bits per heavy atom. The minimum absolute atomic E-state index is 0.0645. The fraction of sp³-hybridized carbons (Fsp3) is 0.500. The molecule has 1 N–H and O–H groups in total. The lowest BCUT2D eigenvalue weighted by atomic mass is 9.73. The first-order chi connectivity index (χ1) is 19.1. The summed E-state index contributed by atoms with van der Waals surface area (Å²) in [7, 11) is 2.21. The van der Waals surface area contributed by atoms with E-state index in [1.807, 2.05) is 11.1 Å². The highest BCUT2D eigenvalue weighted by Gasteiger charge is 2.55. The molecule has 0 aliphatic carbocycles. The summed E-state index contributed by atoms with van der Waals surface area (Å²) < 4.78 is 33.5. The van der Waals surface area contributed by atoms with Crippen LogP contribution in [0.25, 0.3) is 0 Å². The van der Waals surface area contributed by atoms with Crippen molar-refractivity contribution in [3.8, 4) is 0 Å². The Morgan fingerprint density at radius 1 is 1.02 bits per heavy atom. The summed E-state index contributed by atoms with van der Waals surface area (Å²) >= 11 is 0. The van der Waals surface area contributed by atoms with Crippen molar-refractivity contribution < 1.29 is 13.5 Å². The number of nitrogens with zero attached hydrogens (tertiary/aromatic N) is 6. The van der Waals surface area contributed by atoms with Crippen LogP contribution in [0.15, 0.2) is 48.7 Å². The molecule has 2 aromatic heterocycles. The van der Waals surface area contributed by atoms with Gasteiger partial charge in [0, 0.05) is 53.7 Å². The van der Waals surface area contributed by atoms with Gasteiger partial charge in [-0.15, -0.1) is 0 Å². The van der Waals surface area contributed by atoms with E-state index in [0.717, 1.165) is 24.3 Å². The second-order valence-corrected chi connectivity index (χ2v) is 12.5. The van der Waals surface area contributed by atoms with Crippen LogP contribution in [-0.4, -0.2) is 70.3 Å². The molecule has 3 fully saturated rings. The van der Waals surface area contributed by atoms with Crippen molar-refractivity contribution in [3.05, 3.63) is 59.9 Å². The fourth-order valence-electron chi connectivity index (χ4n) is 7.00. The molecule has 2 bridgehead atoms. The van der Waals surface area contributed by atoms with Crippen LogP contribution in [0.3, 0.4) is 0 Å². The number of alkyl halides is 2. The Labute approximate surface area is 233 Å². The van der Waals surface area contributed by atoms with E-state index in [4.69, 9.17) is 9.72 Å². The van der Waals surface area contributed by atoms with Crippen LogP contribution in [0.2, 0.25) is 0 Å². The largest absolute Gasteiger partial charge is 0.374 e. The number of anilines is 5. The molecule has 1 aromatic carbocycles. The minimum Gasteiger partial charge on any atom is -0.374 e. The number of likely N-dealkylation sites (N-methyl/N-ethyl adjacent to an activating group) is 1. The number of benzene rings is 1. The second kappa shape index (κ2) is 9.07. The number of piperazine rings is 1. The molecule has 0 amide bonds. The number of likely N-dealkylation sites (tertiary alicyclic amines) is 1. The van der Waals surface area contributed by atoms with E-state index in [9.17, 15) is 8.78 Å². The van der Waals surface area contributed by atoms with Crippen LogP contribution in [0.5, 0.6) is 0 Å². The molecule has 6 heterocycles. The van der Waals surface area contributed by atoms with E-state index in [2.05, 4.69) is 77.2 Å². The zero-order valence-corrected chi connectivity index (χ0v) is 23.3. The summed E-state index contributed by atoms with van der Waals surface area (Å²) in [6.07, 6.45) is 1.12. The molecule has 0 saturated carbocycles. The van der Waals surface area contributed by atoms with Gasteiger partial charge in [-0.3, -0.25) is 4.90 Å². The lowest BCUT2D eigenvalue weighted by Crippen LogP contribution is -2.54. The van der Waals surface area contributed by atoms with Crippen LogP contribution >= 0.6 is 0 Å². The van der Waals surface area contributed by atoms with Crippen LogP contribution in [0.1, 0.15) is 51.3 Å². The van der Waals surface area contributed by atoms with E-state index in [-0.39, 0.29) is 17.3 Å². The molecule has 3 saturated heterocycles. The highest BCUT2D eigenvalue weighted by atomic mass is 19.3. The van der Waals surface area contributed by atoms with Gasteiger partial charge >= 0.3 is 0 Å². The zero-order valence-electron chi connectivity index (χ0n) is 23.3. The van der Waals surface area contributed by atoms with Gasteiger partial charge in [0.15, 0.2) is 0 Å². The zero-order chi connectivity index (χ0) is 27.8. The number of aromatic nitrogens is 3. The third-order valence-electron chi connectivity index (χ3n) is 9.30. The maximum Gasteiger partial charge on any atom is 0.280 e. The molecular formula is C30H35F2N7O. The number of ether oxygens (including phenoxy) is 1. The van der Waals surface area contributed by atoms with Gasteiger partial charge in [-0.1, -0.05) is 13.0 Å². The number of fused-ring (bicyclic) bond motifs is 5. The van der Waals surface area contributed by atoms with Crippen molar-refractivity contribution in [1.82, 2.24) is 19.9 Å². The van der Waals surface area contributed by atoms with Gasteiger partial charge in [-0.2, -0.15) is 4.98 Å². The fourth-order valence-corrected chi connectivity index (χ4v) is 7.00. The lowest BCUT2D eigenvalue weighted by molar-refractivity contribution is -0.0893. The molecule has 0 radical (unpaired) electrons. The van der Waals surface area contributed by atoms with Crippen LogP contribution in [-0.2, 0) is 10.2 Å². The molecule has 40 heavy (non-hydrogen) atoms. The molecular weight excluding hydrogens is 512 g/mol. The smallest absolute Gasteiger partial charge is 0.280 e. The molecule has 210 valence electrons. The summed E-state index contributed by atoms with van der Waals surface area (Å²) in [5.41, 5.74) is 2.04. The number of hydrogen-bond donors (Lipinski definition) is 1. The number of nitrogens with one attached hydrogen (secondary N) is 1. The number of hydrogen-bond acceptors (Lipinski definition) is 8. The average molecular weight is 548 g/mol. The van der Waals surface area contributed by atoms with E-state index in [1.54, 1.807) is 12.1 Å². The molecule has 8 nitrogen and oxygen atoms in total. The average Bonchev–Trinajstić information content (AvgIpc) is 3.58. The highest BCUT2D eigenvalue weighted by molar-refractivity contribution is 5.71. The molecule has 0 unspecified atom stereocenters. The van der Waals surface area contributed by atoms with Crippen molar-refractivity contribution in [1.29, 1.82) is 0 Å². The summed E-state index contributed by atoms with van der Waals surface area (Å²) in [5.74, 6) is 1.59. The van der Waals surface area contributed by atoms with Gasteiger partial charge in [0.1, 0.15) is 17.3 Å². The Balaban J connectivity index is 1.20.